The largest absolute Gasteiger partial charge is 0.490 e. The van der Waals surface area contributed by atoms with Gasteiger partial charge in [0.2, 0.25) is 0 Å². The normalized spacial score (nSPS) is 10.7. The topological polar surface area (TPSA) is 86.2 Å². The second-order valence-corrected chi connectivity index (χ2v) is 9.02. The third-order valence-electron chi connectivity index (χ3n) is 5.37. The van der Waals surface area contributed by atoms with Crippen LogP contribution in [0, 0.1) is 0 Å². The van der Waals surface area contributed by atoms with Crippen molar-refractivity contribution in [3.05, 3.63) is 123 Å². The van der Waals surface area contributed by atoms with E-state index in [1.54, 1.807) is 78.9 Å². The van der Waals surface area contributed by atoms with Gasteiger partial charge in [-0.15, -0.1) is 0 Å². The highest BCUT2D eigenvalue weighted by atomic mass is 35.5. The third-order valence-corrected chi connectivity index (χ3v) is 5.87. The molecule has 7 nitrogen and oxygen atoms in total. The highest BCUT2D eigenvalue weighted by molar-refractivity contribution is 6.30. The molecule has 4 aromatic carbocycles. The van der Waals surface area contributed by atoms with Crippen LogP contribution in [-0.2, 0) is 6.61 Å². The highest BCUT2D eigenvalue weighted by Gasteiger charge is 2.14. The molecule has 0 fully saturated rings. The molecule has 0 heterocycles. The molecule has 9 heteroatoms. The van der Waals surface area contributed by atoms with Crippen molar-refractivity contribution in [2.75, 3.05) is 6.61 Å². The van der Waals surface area contributed by atoms with Crippen LogP contribution in [0.2, 0.25) is 10.0 Å². The number of amides is 1. The molecular weight excluding hydrogens is 539 g/mol. The van der Waals surface area contributed by atoms with Gasteiger partial charge in [-0.2, -0.15) is 5.10 Å². The second-order valence-electron chi connectivity index (χ2n) is 8.15. The standard InChI is InChI=1S/C30H24Cl2N2O5/c1-2-37-28-17-21(9-16-27(28)39-30(36)22-10-14-24(32)15-11-22)18-33-34-29(35)25-5-3-4-6-26(25)38-19-20-7-12-23(31)13-8-20/h3-18H,2,19H2,1H3,(H,34,35)/b33-18+. The molecule has 0 bridgehead atoms. The Hall–Kier alpha value is -4.33. The van der Waals surface area contributed by atoms with E-state index in [1.165, 1.54) is 6.21 Å². The molecule has 198 valence electrons. The fourth-order valence-electron chi connectivity index (χ4n) is 3.45. The SMILES string of the molecule is CCOc1cc(/C=N/NC(=O)c2ccccc2OCc2ccc(Cl)cc2)ccc1OC(=O)c1ccc(Cl)cc1. The lowest BCUT2D eigenvalue weighted by atomic mass is 10.2. The average molecular weight is 563 g/mol. The van der Waals surface area contributed by atoms with Gasteiger partial charge in [0, 0.05) is 10.0 Å². The lowest BCUT2D eigenvalue weighted by molar-refractivity contribution is 0.0728. The number of carbonyl (C=O) groups is 2. The fraction of sp³-hybridized carbons (Fsp3) is 0.100. The summed E-state index contributed by atoms with van der Waals surface area (Å²) in [6.45, 7) is 2.45. The van der Waals surface area contributed by atoms with Gasteiger partial charge in [-0.1, -0.05) is 47.5 Å². The summed E-state index contributed by atoms with van der Waals surface area (Å²) in [4.78, 5) is 25.3. The molecule has 0 atom stereocenters. The van der Waals surface area contributed by atoms with Crippen molar-refractivity contribution in [3.8, 4) is 17.2 Å². The number of carbonyl (C=O) groups excluding carboxylic acids is 2. The Kier molecular flexibility index (Phi) is 9.56. The summed E-state index contributed by atoms with van der Waals surface area (Å²) in [5.74, 6) is 0.0566. The summed E-state index contributed by atoms with van der Waals surface area (Å²) in [5.41, 5.74) is 4.74. The van der Waals surface area contributed by atoms with E-state index >= 15 is 0 Å². The number of nitrogens with one attached hydrogen (secondary N) is 1. The molecule has 0 spiro atoms. The summed E-state index contributed by atoms with van der Waals surface area (Å²) >= 11 is 11.8. The Morgan fingerprint density at radius 3 is 2.23 bits per heavy atom. The highest BCUT2D eigenvalue weighted by Crippen LogP contribution is 2.29. The Morgan fingerprint density at radius 1 is 0.821 bits per heavy atom. The van der Waals surface area contributed by atoms with Gasteiger partial charge in [-0.25, -0.2) is 10.2 Å². The predicted octanol–water partition coefficient (Wildman–Crippen LogP) is 6.95. The summed E-state index contributed by atoms with van der Waals surface area (Å²) in [5, 5.41) is 5.22. The number of rotatable bonds is 10. The fourth-order valence-corrected chi connectivity index (χ4v) is 3.70. The Bertz CT molecular complexity index is 1470. The quantitative estimate of drug-likeness (QED) is 0.0977. The van der Waals surface area contributed by atoms with Crippen molar-refractivity contribution in [3.63, 3.8) is 0 Å². The molecule has 0 aliphatic heterocycles. The first-order valence-corrected chi connectivity index (χ1v) is 12.7. The summed E-state index contributed by atoms with van der Waals surface area (Å²) in [6.07, 6.45) is 1.46. The lowest BCUT2D eigenvalue weighted by Crippen LogP contribution is -2.18. The molecule has 0 radical (unpaired) electrons. The van der Waals surface area contributed by atoms with Gasteiger partial charge >= 0.3 is 5.97 Å². The maximum Gasteiger partial charge on any atom is 0.343 e. The summed E-state index contributed by atoms with van der Waals surface area (Å²) < 4.78 is 17.0. The van der Waals surface area contributed by atoms with Gasteiger partial charge in [0.05, 0.1) is 23.9 Å². The number of hydrogen-bond donors (Lipinski definition) is 1. The number of halogens is 2. The Morgan fingerprint density at radius 2 is 1.51 bits per heavy atom. The minimum absolute atomic E-state index is 0.254. The van der Waals surface area contributed by atoms with Gasteiger partial charge in [0.1, 0.15) is 12.4 Å². The van der Waals surface area contributed by atoms with E-state index in [0.717, 1.165) is 5.56 Å². The van der Waals surface area contributed by atoms with Crippen LogP contribution in [0.4, 0.5) is 0 Å². The van der Waals surface area contributed by atoms with Crippen LogP contribution in [0.3, 0.4) is 0 Å². The molecule has 4 aromatic rings. The first-order chi connectivity index (χ1) is 18.9. The number of nitrogens with zero attached hydrogens (tertiary/aromatic N) is 1. The maximum atomic E-state index is 12.8. The van der Waals surface area contributed by atoms with Gasteiger partial charge in [0.25, 0.3) is 5.91 Å². The smallest absolute Gasteiger partial charge is 0.343 e. The van der Waals surface area contributed by atoms with Crippen molar-refractivity contribution in [2.45, 2.75) is 13.5 Å². The summed E-state index contributed by atoms with van der Waals surface area (Å²) in [6, 6.07) is 25.5. The number of ether oxygens (including phenoxy) is 3. The van der Waals surface area contributed by atoms with Crippen LogP contribution in [0.15, 0.2) is 96.1 Å². The van der Waals surface area contributed by atoms with Crippen LogP contribution in [0.5, 0.6) is 17.2 Å². The molecule has 0 saturated carbocycles. The zero-order chi connectivity index (χ0) is 27.6. The molecule has 0 unspecified atom stereocenters. The second kappa shape index (κ2) is 13.5. The molecule has 4 rings (SSSR count). The molecule has 0 aliphatic carbocycles. The van der Waals surface area contributed by atoms with Crippen LogP contribution in [0.25, 0.3) is 0 Å². The number of esters is 1. The molecular formula is C30H24Cl2N2O5. The first kappa shape index (κ1) is 27.7. The van der Waals surface area contributed by atoms with E-state index in [4.69, 9.17) is 37.4 Å². The van der Waals surface area contributed by atoms with Gasteiger partial charge in [-0.3, -0.25) is 4.79 Å². The van der Waals surface area contributed by atoms with Crippen LogP contribution in [0.1, 0.15) is 38.8 Å². The van der Waals surface area contributed by atoms with Gasteiger partial charge < -0.3 is 14.2 Å². The number of para-hydroxylation sites is 1. The van der Waals surface area contributed by atoms with Crippen LogP contribution in [-0.4, -0.2) is 24.7 Å². The van der Waals surface area contributed by atoms with Crippen molar-refractivity contribution < 1.29 is 23.8 Å². The lowest BCUT2D eigenvalue weighted by Gasteiger charge is -2.12. The third kappa shape index (κ3) is 7.83. The molecule has 0 aromatic heterocycles. The van der Waals surface area contributed by atoms with E-state index in [-0.39, 0.29) is 12.4 Å². The van der Waals surface area contributed by atoms with Gasteiger partial charge in [0.15, 0.2) is 11.5 Å². The van der Waals surface area contributed by atoms with Crippen molar-refractivity contribution in [1.82, 2.24) is 5.43 Å². The van der Waals surface area contributed by atoms with E-state index in [0.29, 0.717) is 44.8 Å². The number of benzene rings is 4. The number of hydrogen-bond acceptors (Lipinski definition) is 6. The van der Waals surface area contributed by atoms with E-state index in [9.17, 15) is 9.59 Å². The Balaban J connectivity index is 1.41. The first-order valence-electron chi connectivity index (χ1n) is 12.0. The van der Waals surface area contributed by atoms with E-state index in [2.05, 4.69) is 10.5 Å². The van der Waals surface area contributed by atoms with Crippen molar-refractivity contribution >= 4 is 41.3 Å². The van der Waals surface area contributed by atoms with Crippen LogP contribution < -0.4 is 19.6 Å². The maximum absolute atomic E-state index is 12.8. The molecule has 0 saturated heterocycles. The van der Waals surface area contributed by atoms with Crippen LogP contribution >= 0.6 is 23.2 Å². The Labute approximate surface area is 235 Å². The van der Waals surface area contributed by atoms with E-state index in [1.807, 2.05) is 19.1 Å². The molecule has 1 amide bonds. The van der Waals surface area contributed by atoms with E-state index < -0.39 is 11.9 Å². The molecule has 1 N–H and O–H groups in total. The minimum atomic E-state index is -0.543. The predicted molar refractivity (Wildman–Crippen MR) is 151 cm³/mol. The number of hydrazone groups is 1. The zero-order valence-electron chi connectivity index (χ0n) is 20.9. The molecule has 0 aliphatic rings. The van der Waals surface area contributed by atoms with Crippen molar-refractivity contribution in [1.29, 1.82) is 0 Å². The zero-order valence-corrected chi connectivity index (χ0v) is 22.4. The average Bonchev–Trinajstić information content (AvgIpc) is 2.94. The summed E-state index contributed by atoms with van der Waals surface area (Å²) in [7, 11) is 0. The monoisotopic (exact) mass is 562 g/mol. The van der Waals surface area contributed by atoms with Gasteiger partial charge in [-0.05, 0) is 84.8 Å². The molecule has 39 heavy (non-hydrogen) atoms. The minimum Gasteiger partial charge on any atom is -0.490 e. The van der Waals surface area contributed by atoms with Crippen molar-refractivity contribution in [2.24, 2.45) is 5.10 Å².